The predicted molar refractivity (Wildman–Crippen MR) is 80.3 cm³/mol. The van der Waals surface area contributed by atoms with Crippen LogP contribution in [-0.4, -0.2) is 43.6 Å². The van der Waals surface area contributed by atoms with Crippen molar-refractivity contribution in [2.24, 2.45) is 0 Å². The molecule has 110 valence electrons. The molecule has 0 unspecified atom stereocenters. The minimum Gasteiger partial charge on any atom is -0.496 e. The average Bonchev–Trinajstić information content (AvgIpc) is 2.48. The fraction of sp³-hybridized carbons (Fsp3) is 0.562. The summed E-state index contributed by atoms with van der Waals surface area (Å²) in [6.07, 6.45) is 1.97. The summed E-state index contributed by atoms with van der Waals surface area (Å²) in [6.45, 7) is 5.79. The van der Waals surface area contributed by atoms with E-state index in [-0.39, 0.29) is 11.4 Å². The molecule has 0 spiro atoms. The van der Waals surface area contributed by atoms with Crippen LogP contribution in [0.3, 0.4) is 0 Å². The number of hydrogen-bond donors (Lipinski definition) is 1. The van der Waals surface area contributed by atoms with Gasteiger partial charge in [0.25, 0.3) is 5.91 Å². The number of rotatable bonds is 3. The summed E-state index contributed by atoms with van der Waals surface area (Å²) in [6, 6.07) is 5.66. The number of carbonyl (C=O) groups excluding carboxylic acids is 1. The molecule has 1 heterocycles. The lowest BCUT2D eigenvalue weighted by Crippen LogP contribution is -2.51. The normalized spacial score (nSPS) is 17.9. The van der Waals surface area contributed by atoms with Crippen LogP contribution in [0.4, 0.5) is 0 Å². The fourth-order valence-electron chi connectivity index (χ4n) is 2.59. The first-order valence-corrected chi connectivity index (χ1v) is 7.12. The first-order valence-electron chi connectivity index (χ1n) is 7.12. The van der Waals surface area contributed by atoms with Gasteiger partial charge in [-0.05, 0) is 51.4 Å². The van der Waals surface area contributed by atoms with E-state index >= 15 is 0 Å². The van der Waals surface area contributed by atoms with E-state index in [1.807, 2.05) is 37.1 Å². The Labute approximate surface area is 121 Å². The molecule has 0 radical (unpaired) electrons. The zero-order valence-electron chi connectivity index (χ0n) is 12.8. The molecule has 1 aromatic rings. The highest BCUT2D eigenvalue weighted by atomic mass is 16.5. The molecule has 0 bridgehead atoms. The van der Waals surface area contributed by atoms with Crippen LogP contribution in [0, 0.1) is 6.92 Å². The Hall–Kier alpha value is -1.55. The second kappa shape index (κ2) is 5.83. The summed E-state index contributed by atoms with van der Waals surface area (Å²) < 4.78 is 5.29. The van der Waals surface area contributed by atoms with Gasteiger partial charge in [0.1, 0.15) is 5.75 Å². The molecule has 1 fully saturated rings. The number of piperidine rings is 1. The molecule has 1 saturated heterocycles. The third-order valence-corrected chi connectivity index (χ3v) is 4.41. The number of ether oxygens (including phenoxy) is 1. The van der Waals surface area contributed by atoms with Gasteiger partial charge in [0.2, 0.25) is 0 Å². The molecule has 0 atom stereocenters. The van der Waals surface area contributed by atoms with Crippen molar-refractivity contribution < 1.29 is 9.53 Å². The van der Waals surface area contributed by atoms with E-state index in [1.165, 1.54) is 0 Å². The first-order chi connectivity index (χ1) is 9.49. The second-order valence-corrected chi connectivity index (χ2v) is 5.79. The van der Waals surface area contributed by atoms with Crippen molar-refractivity contribution in [3.05, 3.63) is 29.3 Å². The third kappa shape index (κ3) is 2.96. The van der Waals surface area contributed by atoms with Crippen molar-refractivity contribution in [1.29, 1.82) is 0 Å². The number of methoxy groups -OCH3 is 1. The summed E-state index contributed by atoms with van der Waals surface area (Å²) in [5.74, 6) is 0.870. The van der Waals surface area contributed by atoms with Gasteiger partial charge in [0.05, 0.1) is 7.11 Å². The lowest BCUT2D eigenvalue weighted by molar-refractivity contribution is 0.0661. The SMILES string of the molecule is CNC1(C)CCN(C(=O)c2ccc(C)c(OC)c2)CC1. The Balaban J connectivity index is 2.09. The van der Waals surface area contributed by atoms with Crippen LogP contribution in [0.1, 0.15) is 35.7 Å². The Bertz CT molecular complexity index is 491. The van der Waals surface area contributed by atoms with Gasteiger partial charge < -0.3 is 15.0 Å². The zero-order valence-corrected chi connectivity index (χ0v) is 12.8. The number of aryl methyl sites for hydroxylation is 1. The lowest BCUT2D eigenvalue weighted by Gasteiger charge is -2.39. The smallest absolute Gasteiger partial charge is 0.253 e. The predicted octanol–water partition coefficient (Wildman–Crippen LogP) is 2.22. The first kappa shape index (κ1) is 14.9. The number of likely N-dealkylation sites (tertiary alicyclic amines) is 1. The van der Waals surface area contributed by atoms with Crippen LogP contribution in [0.2, 0.25) is 0 Å². The number of amides is 1. The van der Waals surface area contributed by atoms with Crippen molar-refractivity contribution in [2.45, 2.75) is 32.2 Å². The average molecular weight is 276 g/mol. The molecule has 1 aliphatic rings. The van der Waals surface area contributed by atoms with E-state index in [9.17, 15) is 4.79 Å². The number of benzene rings is 1. The molecule has 1 aliphatic heterocycles. The van der Waals surface area contributed by atoms with Crippen LogP contribution >= 0.6 is 0 Å². The Morgan fingerprint density at radius 1 is 1.35 bits per heavy atom. The van der Waals surface area contributed by atoms with Crippen molar-refractivity contribution >= 4 is 5.91 Å². The Morgan fingerprint density at radius 2 is 2.00 bits per heavy atom. The van der Waals surface area contributed by atoms with E-state index in [4.69, 9.17) is 4.74 Å². The molecule has 1 aromatic carbocycles. The molecule has 1 amide bonds. The number of nitrogens with one attached hydrogen (secondary N) is 1. The van der Waals surface area contributed by atoms with Crippen LogP contribution < -0.4 is 10.1 Å². The van der Waals surface area contributed by atoms with E-state index in [0.717, 1.165) is 37.2 Å². The molecule has 0 aliphatic carbocycles. The topological polar surface area (TPSA) is 41.6 Å². The minimum atomic E-state index is 0.0986. The molecular weight excluding hydrogens is 252 g/mol. The van der Waals surface area contributed by atoms with Crippen LogP contribution in [-0.2, 0) is 0 Å². The van der Waals surface area contributed by atoms with E-state index < -0.39 is 0 Å². The maximum Gasteiger partial charge on any atom is 0.253 e. The fourth-order valence-corrected chi connectivity index (χ4v) is 2.59. The molecule has 20 heavy (non-hydrogen) atoms. The molecule has 1 N–H and O–H groups in total. The summed E-state index contributed by atoms with van der Waals surface area (Å²) in [4.78, 5) is 14.5. The maximum atomic E-state index is 12.5. The standard InChI is InChI=1S/C16H24N2O2/c1-12-5-6-13(11-14(12)20-4)15(19)18-9-7-16(2,17-3)8-10-18/h5-6,11,17H,7-10H2,1-4H3. The zero-order chi connectivity index (χ0) is 14.8. The van der Waals surface area contributed by atoms with Gasteiger partial charge in [0.15, 0.2) is 0 Å². The summed E-state index contributed by atoms with van der Waals surface area (Å²) in [5.41, 5.74) is 1.91. The summed E-state index contributed by atoms with van der Waals surface area (Å²) in [5, 5.41) is 3.35. The van der Waals surface area contributed by atoms with E-state index in [0.29, 0.717) is 5.56 Å². The minimum absolute atomic E-state index is 0.0986. The molecule has 0 aromatic heterocycles. The van der Waals surface area contributed by atoms with Crippen LogP contribution in [0.25, 0.3) is 0 Å². The Morgan fingerprint density at radius 3 is 2.55 bits per heavy atom. The van der Waals surface area contributed by atoms with Gasteiger partial charge in [-0.15, -0.1) is 0 Å². The van der Waals surface area contributed by atoms with Gasteiger partial charge in [0, 0.05) is 24.2 Å². The Kier molecular flexibility index (Phi) is 4.33. The lowest BCUT2D eigenvalue weighted by atomic mass is 9.89. The van der Waals surface area contributed by atoms with Crippen molar-refractivity contribution in [3.8, 4) is 5.75 Å². The highest BCUT2D eigenvalue weighted by Gasteiger charge is 2.30. The van der Waals surface area contributed by atoms with Gasteiger partial charge in [-0.2, -0.15) is 0 Å². The van der Waals surface area contributed by atoms with Gasteiger partial charge in [-0.3, -0.25) is 4.79 Å². The molecule has 2 rings (SSSR count). The van der Waals surface area contributed by atoms with E-state index in [1.54, 1.807) is 7.11 Å². The van der Waals surface area contributed by atoms with Gasteiger partial charge in [-0.1, -0.05) is 6.07 Å². The quantitative estimate of drug-likeness (QED) is 0.920. The highest BCUT2D eigenvalue weighted by Crippen LogP contribution is 2.24. The number of hydrogen-bond acceptors (Lipinski definition) is 3. The van der Waals surface area contributed by atoms with Gasteiger partial charge in [-0.25, -0.2) is 0 Å². The second-order valence-electron chi connectivity index (χ2n) is 5.79. The van der Waals surface area contributed by atoms with Crippen molar-refractivity contribution in [1.82, 2.24) is 10.2 Å². The third-order valence-electron chi connectivity index (χ3n) is 4.41. The number of nitrogens with zero attached hydrogens (tertiary/aromatic N) is 1. The molecule has 4 heteroatoms. The summed E-state index contributed by atoms with van der Waals surface area (Å²) in [7, 11) is 3.62. The van der Waals surface area contributed by atoms with Crippen LogP contribution in [0.5, 0.6) is 5.75 Å². The summed E-state index contributed by atoms with van der Waals surface area (Å²) >= 11 is 0. The van der Waals surface area contributed by atoms with Crippen LogP contribution in [0.15, 0.2) is 18.2 Å². The van der Waals surface area contributed by atoms with Crippen molar-refractivity contribution in [2.75, 3.05) is 27.2 Å². The monoisotopic (exact) mass is 276 g/mol. The molecule has 4 nitrogen and oxygen atoms in total. The molecular formula is C16H24N2O2. The van der Waals surface area contributed by atoms with Gasteiger partial charge >= 0.3 is 0 Å². The largest absolute Gasteiger partial charge is 0.496 e. The van der Waals surface area contributed by atoms with Crippen molar-refractivity contribution in [3.63, 3.8) is 0 Å². The number of carbonyl (C=O) groups is 1. The maximum absolute atomic E-state index is 12.5. The van der Waals surface area contributed by atoms with E-state index in [2.05, 4.69) is 12.2 Å². The highest BCUT2D eigenvalue weighted by molar-refractivity contribution is 5.94. The molecule has 0 saturated carbocycles.